The van der Waals surface area contributed by atoms with Gasteiger partial charge in [0.1, 0.15) is 12.2 Å². The van der Waals surface area contributed by atoms with Crippen molar-refractivity contribution < 1.29 is 34.0 Å². The Kier molecular flexibility index (Phi) is 3.38. The van der Waals surface area contributed by atoms with Crippen LogP contribution in [-0.2, 0) is 14.3 Å². The van der Waals surface area contributed by atoms with Crippen LogP contribution in [0.1, 0.15) is 0 Å². The Morgan fingerprint density at radius 2 is 2.00 bits per heavy atom. The molecule has 0 spiro atoms. The van der Waals surface area contributed by atoms with E-state index in [1.165, 1.54) is 0 Å². The maximum Gasteiger partial charge on any atom is 0.336 e. The highest BCUT2D eigenvalue weighted by Crippen LogP contribution is 2.23. The van der Waals surface area contributed by atoms with E-state index >= 15 is 0 Å². The van der Waals surface area contributed by atoms with E-state index in [0.717, 1.165) is 7.11 Å². The number of methoxy groups -OCH3 is 1. The lowest BCUT2D eigenvalue weighted by molar-refractivity contribution is -0.277. The first-order valence-corrected chi connectivity index (χ1v) is 3.90. The van der Waals surface area contributed by atoms with Crippen LogP contribution in [0.15, 0.2) is 0 Å². The molecule has 82 valence electrons. The lowest BCUT2D eigenvalue weighted by atomic mass is 10.0. The lowest BCUT2D eigenvalue weighted by Crippen LogP contribution is -2.58. The van der Waals surface area contributed by atoms with Crippen molar-refractivity contribution >= 4 is 5.97 Å². The summed E-state index contributed by atoms with van der Waals surface area (Å²) in [4.78, 5) is 10.5. The fraction of sp³-hybridized carbons (Fsp3) is 0.857. The number of aliphatic carboxylic acids is 1. The van der Waals surface area contributed by atoms with E-state index < -0.39 is 36.7 Å². The predicted octanol–water partition coefficient (Wildman–Crippen LogP) is -1.50. The van der Waals surface area contributed by atoms with Gasteiger partial charge in [-0.3, -0.25) is 0 Å². The number of carboxylic acid groups (broad SMARTS) is 1. The Hall–Kier alpha value is -0.760. The molecule has 1 fully saturated rings. The first kappa shape index (κ1) is 11.3. The quantitative estimate of drug-likeness (QED) is 0.513. The molecule has 3 N–H and O–H groups in total. The van der Waals surface area contributed by atoms with Gasteiger partial charge >= 0.3 is 5.97 Å². The first-order chi connectivity index (χ1) is 6.49. The highest BCUT2D eigenvalue weighted by molar-refractivity contribution is 5.73. The van der Waals surface area contributed by atoms with Crippen molar-refractivity contribution in [1.82, 2.24) is 0 Å². The van der Waals surface area contributed by atoms with Crippen LogP contribution in [0.3, 0.4) is 0 Å². The average Bonchev–Trinajstić information content (AvgIpc) is 2.14. The summed E-state index contributed by atoms with van der Waals surface area (Å²) < 4.78 is 22.2. The van der Waals surface area contributed by atoms with Crippen LogP contribution in [0, 0.1) is 0 Å². The zero-order valence-electron chi connectivity index (χ0n) is 7.33. The molecule has 0 radical (unpaired) electrons. The van der Waals surface area contributed by atoms with Gasteiger partial charge in [-0.2, -0.15) is 0 Å². The summed E-state index contributed by atoms with van der Waals surface area (Å²) in [5.74, 6) is -1.55. The van der Waals surface area contributed by atoms with Crippen molar-refractivity contribution in [3.05, 3.63) is 0 Å². The van der Waals surface area contributed by atoms with E-state index in [9.17, 15) is 14.3 Å². The minimum atomic E-state index is -2.17. The molecular weight excluding hydrogens is 199 g/mol. The number of aliphatic hydroxyl groups excluding tert-OH is 2. The predicted molar refractivity (Wildman–Crippen MR) is 40.2 cm³/mol. The van der Waals surface area contributed by atoms with Crippen molar-refractivity contribution in [1.29, 1.82) is 0 Å². The molecule has 1 aliphatic heterocycles. The maximum absolute atomic E-state index is 13.1. The molecule has 0 aromatic rings. The molecule has 0 bridgehead atoms. The van der Waals surface area contributed by atoms with Crippen LogP contribution in [0.2, 0.25) is 0 Å². The summed E-state index contributed by atoms with van der Waals surface area (Å²) in [5.41, 5.74) is 0. The van der Waals surface area contributed by atoms with E-state index in [1.807, 2.05) is 0 Å². The van der Waals surface area contributed by atoms with E-state index in [-0.39, 0.29) is 0 Å². The van der Waals surface area contributed by atoms with Crippen molar-refractivity contribution in [2.75, 3.05) is 7.11 Å². The maximum atomic E-state index is 13.1. The highest BCUT2D eigenvalue weighted by Gasteiger charge is 2.48. The second-order valence-electron chi connectivity index (χ2n) is 2.92. The molecule has 1 saturated heterocycles. The van der Waals surface area contributed by atoms with Gasteiger partial charge in [-0.25, -0.2) is 9.18 Å². The van der Waals surface area contributed by atoms with Crippen LogP contribution in [0.4, 0.5) is 4.39 Å². The molecule has 0 saturated carbocycles. The van der Waals surface area contributed by atoms with Gasteiger partial charge in [0, 0.05) is 7.11 Å². The minimum Gasteiger partial charge on any atom is -0.479 e. The number of hydrogen-bond acceptors (Lipinski definition) is 5. The van der Waals surface area contributed by atoms with Crippen LogP contribution < -0.4 is 0 Å². The fourth-order valence-electron chi connectivity index (χ4n) is 1.22. The summed E-state index contributed by atoms with van der Waals surface area (Å²) in [6.07, 6.45) is -8.74. The first-order valence-electron chi connectivity index (χ1n) is 3.90. The Labute approximate surface area is 78.9 Å². The second-order valence-corrected chi connectivity index (χ2v) is 2.92. The summed E-state index contributed by atoms with van der Waals surface area (Å²) >= 11 is 0. The standard InChI is InChI=1S/C7H11FO6/c1-13-7-4(10)3(9)2(8)5(14-7)6(11)12/h2-5,7,9-10H,1H3,(H,11,12). The fourth-order valence-corrected chi connectivity index (χ4v) is 1.22. The van der Waals surface area contributed by atoms with Gasteiger partial charge in [-0.15, -0.1) is 0 Å². The molecule has 14 heavy (non-hydrogen) atoms. The average molecular weight is 210 g/mol. The summed E-state index contributed by atoms with van der Waals surface area (Å²) in [6.45, 7) is 0. The number of alkyl halides is 1. The minimum absolute atomic E-state index is 1.15. The van der Waals surface area contributed by atoms with E-state index in [4.69, 9.17) is 10.2 Å². The van der Waals surface area contributed by atoms with Gasteiger partial charge in [-0.1, -0.05) is 0 Å². The number of rotatable bonds is 2. The molecule has 6 nitrogen and oxygen atoms in total. The molecule has 1 rings (SSSR count). The summed E-state index contributed by atoms with van der Waals surface area (Å²) in [6, 6.07) is 0. The topological polar surface area (TPSA) is 96.2 Å². The largest absolute Gasteiger partial charge is 0.479 e. The van der Waals surface area contributed by atoms with Gasteiger partial charge in [0.2, 0.25) is 0 Å². The van der Waals surface area contributed by atoms with Crippen LogP contribution in [-0.4, -0.2) is 59.2 Å². The lowest BCUT2D eigenvalue weighted by Gasteiger charge is -2.36. The monoisotopic (exact) mass is 210 g/mol. The van der Waals surface area contributed by atoms with Gasteiger partial charge in [0.05, 0.1) is 0 Å². The van der Waals surface area contributed by atoms with Crippen molar-refractivity contribution in [3.8, 4) is 0 Å². The Morgan fingerprint density at radius 1 is 1.43 bits per heavy atom. The number of carbonyl (C=O) groups is 1. The van der Waals surface area contributed by atoms with E-state index in [0.29, 0.717) is 0 Å². The van der Waals surface area contributed by atoms with Crippen molar-refractivity contribution in [2.24, 2.45) is 0 Å². The molecule has 0 amide bonds. The molecule has 1 heterocycles. The summed E-state index contributed by atoms with van der Waals surface area (Å²) in [7, 11) is 1.15. The highest BCUT2D eigenvalue weighted by atomic mass is 19.1. The van der Waals surface area contributed by atoms with Gasteiger partial charge in [-0.05, 0) is 0 Å². The Bertz CT molecular complexity index is 220. The molecule has 0 aromatic heterocycles. The van der Waals surface area contributed by atoms with Crippen LogP contribution in [0.5, 0.6) is 0 Å². The third-order valence-corrected chi connectivity index (χ3v) is 2.00. The molecule has 7 heteroatoms. The van der Waals surface area contributed by atoms with Gasteiger partial charge < -0.3 is 24.8 Å². The molecule has 0 aromatic carbocycles. The Balaban J connectivity index is 2.78. The second kappa shape index (κ2) is 4.18. The zero-order valence-corrected chi connectivity index (χ0v) is 7.33. The van der Waals surface area contributed by atoms with Crippen LogP contribution >= 0.6 is 0 Å². The molecular formula is C7H11FO6. The SMILES string of the molecule is COC1OC(C(=O)O)C(F)C(O)C1O. The smallest absolute Gasteiger partial charge is 0.336 e. The summed E-state index contributed by atoms with van der Waals surface area (Å²) in [5, 5.41) is 26.8. The molecule has 1 aliphatic rings. The van der Waals surface area contributed by atoms with Gasteiger partial charge in [0.25, 0.3) is 0 Å². The van der Waals surface area contributed by atoms with Crippen molar-refractivity contribution in [2.45, 2.75) is 30.8 Å². The molecule has 5 atom stereocenters. The number of hydrogen-bond donors (Lipinski definition) is 3. The third kappa shape index (κ3) is 1.85. The van der Waals surface area contributed by atoms with Gasteiger partial charge in [0.15, 0.2) is 18.6 Å². The van der Waals surface area contributed by atoms with Crippen LogP contribution in [0.25, 0.3) is 0 Å². The van der Waals surface area contributed by atoms with E-state index in [1.54, 1.807) is 0 Å². The normalized spacial score (nSPS) is 43.6. The number of halogens is 1. The number of carboxylic acids is 1. The zero-order chi connectivity index (χ0) is 10.9. The van der Waals surface area contributed by atoms with Crippen molar-refractivity contribution in [3.63, 3.8) is 0 Å². The number of aliphatic hydroxyl groups is 2. The van der Waals surface area contributed by atoms with E-state index in [2.05, 4.69) is 9.47 Å². The number of ether oxygens (including phenoxy) is 2. The molecule has 0 aliphatic carbocycles. The molecule has 5 unspecified atom stereocenters. The third-order valence-electron chi connectivity index (χ3n) is 2.00. The Morgan fingerprint density at radius 3 is 2.43 bits per heavy atom.